The van der Waals surface area contributed by atoms with Crippen molar-refractivity contribution >= 4 is 16.5 Å². The van der Waals surface area contributed by atoms with Gasteiger partial charge in [-0.2, -0.15) is 0 Å². The maximum Gasteiger partial charge on any atom is 0.146 e. The van der Waals surface area contributed by atoms with E-state index in [2.05, 4.69) is 11.5 Å². The van der Waals surface area contributed by atoms with Gasteiger partial charge in [0.05, 0.1) is 5.69 Å². The standard InChI is InChI=1S/C14H19FN2OS/c1-3-17(14-7-5-4-6-13(14)15)12(2)16-8-10-19(18)11-9-16/h4-7H,2-3,8-11H2,1H3. The number of nitrogens with zero attached hydrogens (tertiary/aromatic N) is 2. The first-order valence-electron chi connectivity index (χ1n) is 6.44. The number of para-hydroxylation sites is 1. The Morgan fingerprint density at radius 2 is 2.05 bits per heavy atom. The van der Waals surface area contributed by atoms with Crippen molar-refractivity contribution in [2.75, 3.05) is 36.0 Å². The smallest absolute Gasteiger partial charge is 0.146 e. The van der Waals surface area contributed by atoms with Gasteiger partial charge in [0.1, 0.15) is 11.6 Å². The van der Waals surface area contributed by atoms with Gasteiger partial charge in [0.2, 0.25) is 0 Å². The fourth-order valence-electron chi connectivity index (χ4n) is 2.23. The Morgan fingerprint density at radius 1 is 1.42 bits per heavy atom. The second-order valence-electron chi connectivity index (χ2n) is 4.45. The topological polar surface area (TPSA) is 23.6 Å². The number of benzene rings is 1. The van der Waals surface area contributed by atoms with Crippen LogP contribution >= 0.6 is 0 Å². The lowest BCUT2D eigenvalue weighted by Crippen LogP contribution is -2.42. The predicted octanol–water partition coefficient (Wildman–Crippen LogP) is 2.19. The molecule has 0 aliphatic carbocycles. The zero-order valence-corrected chi connectivity index (χ0v) is 12.0. The van der Waals surface area contributed by atoms with Crippen LogP contribution < -0.4 is 4.90 Å². The van der Waals surface area contributed by atoms with Gasteiger partial charge in [-0.15, -0.1) is 0 Å². The van der Waals surface area contributed by atoms with E-state index >= 15 is 0 Å². The number of rotatable bonds is 4. The summed E-state index contributed by atoms with van der Waals surface area (Å²) in [5.74, 6) is 1.86. The lowest BCUT2D eigenvalue weighted by molar-refractivity contribution is 0.365. The van der Waals surface area contributed by atoms with Crippen molar-refractivity contribution in [3.63, 3.8) is 0 Å². The van der Waals surface area contributed by atoms with Gasteiger partial charge >= 0.3 is 0 Å². The number of hydrogen-bond acceptors (Lipinski definition) is 3. The summed E-state index contributed by atoms with van der Waals surface area (Å²) in [5, 5.41) is 0. The van der Waals surface area contributed by atoms with Crippen LogP contribution in [-0.4, -0.2) is 40.2 Å². The highest BCUT2D eigenvalue weighted by molar-refractivity contribution is 7.85. The maximum absolute atomic E-state index is 13.9. The number of halogens is 1. The molecule has 0 atom stereocenters. The average molecular weight is 282 g/mol. The summed E-state index contributed by atoms with van der Waals surface area (Å²) < 4.78 is 25.2. The van der Waals surface area contributed by atoms with Crippen molar-refractivity contribution in [1.82, 2.24) is 4.90 Å². The van der Waals surface area contributed by atoms with Crippen LogP contribution in [0.1, 0.15) is 6.92 Å². The molecule has 0 saturated carbocycles. The minimum atomic E-state index is -0.717. The van der Waals surface area contributed by atoms with E-state index in [-0.39, 0.29) is 5.82 Å². The molecule has 1 aromatic carbocycles. The Labute approximate surface area is 116 Å². The molecular formula is C14H19FN2OS. The molecule has 0 aromatic heterocycles. The van der Waals surface area contributed by atoms with E-state index in [9.17, 15) is 8.60 Å². The summed E-state index contributed by atoms with van der Waals surface area (Å²) in [5.41, 5.74) is 0.543. The molecule has 3 nitrogen and oxygen atoms in total. The van der Waals surface area contributed by atoms with Gasteiger partial charge in [-0.05, 0) is 19.1 Å². The van der Waals surface area contributed by atoms with Crippen LogP contribution in [0.2, 0.25) is 0 Å². The van der Waals surface area contributed by atoms with Gasteiger partial charge < -0.3 is 9.80 Å². The zero-order chi connectivity index (χ0) is 13.8. The molecular weight excluding hydrogens is 263 g/mol. The molecule has 1 aromatic rings. The van der Waals surface area contributed by atoms with Crippen molar-refractivity contribution in [2.45, 2.75) is 6.92 Å². The Morgan fingerprint density at radius 3 is 2.63 bits per heavy atom. The first-order valence-corrected chi connectivity index (χ1v) is 7.93. The van der Waals surface area contributed by atoms with Crippen molar-refractivity contribution in [3.8, 4) is 0 Å². The Hall–Kier alpha value is -1.36. The van der Waals surface area contributed by atoms with E-state index in [1.807, 2.05) is 17.9 Å². The summed E-state index contributed by atoms with van der Waals surface area (Å²) >= 11 is 0. The second kappa shape index (κ2) is 6.19. The van der Waals surface area contributed by atoms with Crippen molar-refractivity contribution in [2.24, 2.45) is 0 Å². The third-order valence-corrected chi connectivity index (χ3v) is 4.59. The van der Waals surface area contributed by atoms with Gasteiger partial charge in [0, 0.05) is 41.9 Å². The molecule has 104 valence electrons. The summed E-state index contributed by atoms with van der Waals surface area (Å²) in [7, 11) is -0.717. The molecule has 0 spiro atoms. The second-order valence-corrected chi connectivity index (χ2v) is 6.14. The van der Waals surface area contributed by atoms with E-state index in [1.54, 1.807) is 12.1 Å². The molecule has 1 saturated heterocycles. The minimum absolute atomic E-state index is 0.244. The highest BCUT2D eigenvalue weighted by atomic mass is 32.2. The highest BCUT2D eigenvalue weighted by Crippen LogP contribution is 2.24. The van der Waals surface area contributed by atoms with Crippen LogP contribution in [0.4, 0.5) is 10.1 Å². The Bertz CT molecular complexity index is 482. The third-order valence-electron chi connectivity index (χ3n) is 3.31. The van der Waals surface area contributed by atoms with Gasteiger partial charge in [-0.25, -0.2) is 4.39 Å². The SMILES string of the molecule is C=C(N1CCS(=O)CC1)N(CC)c1ccccc1F. The maximum atomic E-state index is 13.9. The van der Waals surface area contributed by atoms with Crippen molar-refractivity contribution in [1.29, 1.82) is 0 Å². The molecule has 1 aliphatic heterocycles. The number of anilines is 1. The quantitative estimate of drug-likeness (QED) is 0.846. The molecule has 5 heteroatoms. The third kappa shape index (κ3) is 3.15. The lowest BCUT2D eigenvalue weighted by atomic mass is 10.2. The van der Waals surface area contributed by atoms with E-state index < -0.39 is 10.8 Å². The van der Waals surface area contributed by atoms with E-state index in [4.69, 9.17) is 0 Å². The molecule has 0 radical (unpaired) electrons. The monoisotopic (exact) mass is 282 g/mol. The molecule has 2 rings (SSSR count). The molecule has 1 heterocycles. The van der Waals surface area contributed by atoms with Crippen LogP contribution in [0, 0.1) is 5.82 Å². The van der Waals surface area contributed by atoms with Crippen LogP contribution in [-0.2, 0) is 10.8 Å². The Kier molecular flexibility index (Phi) is 4.58. The molecule has 19 heavy (non-hydrogen) atoms. The van der Waals surface area contributed by atoms with Crippen molar-refractivity contribution < 1.29 is 8.60 Å². The summed E-state index contributed by atoms with van der Waals surface area (Å²) in [4.78, 5) is 3.95. The minimum Gasteiger partial charge on any atom is -0.357 e. The normalized spacial score (nSPS) is 16.4. The molecule has 0 unspecified atom stereocenters. The van der Waals surface area contributed by atoms with Crippen molar-refractivity contribution in [3.05, 3.63) is 42.5 Å². The van der Waals surface area contributed by atoms with Gasteiger partial charge in [0.15, 0.2) is 0 Å². The zero-order valence-electron chi connectivity index (χ0n) is 11.1. The van der Waals surface area contributed by atoms with E-state index in [1.165, 1.54) is 6.07 Å². The summed E-state index contributed by atoms with van der Waals surface area (Å²) in [6, 6.07) is 6.71. The fourth-order valence-corrected chi connectivity index (χ4v) is 3.28. The predicted molar refractivity (Wildman–Crippen MR) is 78.0 cm³/mol. The molecule has 1 aliphatic rings. The molecule has 0 bridgehead atoms. The van der Waals surface area contributed by atoms with E-state index in [0.717, 1.165) is 18.9 Å². The van der Waals surface area contributed by atoms with Gasteiger partial charge in [-0.3, -0.25) is 4.21 Å². The molecule has 0 N–H and O–H groups in total. The average Bonchev–Trinajstić information content (AvgIpc) is 2.42. The Balaban J connectivity index is 2.16. The van der Waals surface area contributed by atoms with Crippen LogP contribution in [0.3, 0.4) is 0 Å². The summed E-state index contributed by atoms with van der Waals surface area (Å²) in [6.07, 6.45) is 0. The van der Waals surface area contributed by atoms with Crippen LogP contribution in [0.25, 0.3) is 0 Å². The van der Waals surface area contributed by atoms with Gasteiger partial charge in [-0.1, -0.05) is 18.7 Å². The number of hydrogen-bond donors (Lipinski definition) is 0. The highest BCUT2D eigenvalue weighted by Gasteiger charge is 2.21. The van der Waals surface area contributed by atoms with Crippen LogP contribution in [0.5, 0.6) is 0 Å². The lowest BCUT2D eigenvalue weighted by Gasteiger charge is -2.36. The van der Waals surface area contributed by atoms with Gasteiger partial charge in [0.25, 0.3) is 0 Å². The largest absolute Gasteiger partial charge is 0.357 e. The van der Waals surface area contributed by atoms with Crippen LogP contribution in [0.15, 0.2) is 36.7 Å². The fraction of sp³-hybridized carbons (Fsp3) is 0.429. The first-order chi connectivity index (χ1) is 9.13. The molecule has 1 fully saturated rings. The van der Waals surface area contributed by atoms with E-state index in [0.29, 0.717) is 23.7 Å². The molecule has 0 amide bonds. The summed E-state index contributed by atoms with van der Waals surface area (Å²) in [6.45, 7) is 8.14. The first kappa shape index (κ1) is 14.1.